The highest BCUT2D eigenvalue weighted by Gasteiger charge is 2.12. The number of hydrogen-bond donors (Lipinski definition) is 2. The molecule has 1 amide bonds. The molecule has 0 saturated carbocycles. The molecule has 0 aliphatic carbocycles. The maximum Gasteiger partial charge on any atom is 0.225 e. The van der Waals surface area contributed by atoms with Crippen LogP contribution in [0, 0.1) is 5.92 Å². The van der Waals surface area contributed by atoms with Crippen molar-refractivity contribution >= 4 is 11.6 Å². The van der Waals surface area contributed by atoms with Gasteiger partial charge in [0, 0.05) is 18.2 Å². The van der Waals surface area contributed by atoms with Crippen molar-refractivity contribution in [3.05, 3.63) is 24.3 Å². The number of rotatable bonds is 6. The van der Waals surface area contributed by atoms with Crippen LogP contribution in [0.4, 0.5) is 5.69 Å². The minimum absolute atomic E-state index is 0.0567. The van der Waals surface area contributed by atoms with Gasteiger partial charge in [0.15, 0.2) is 0 Å². The van der Waals surface area contributed by atoms with E-state index in [0.717, 1.165) is 11.4 Å². The average Bonchev–Trinajstić information content (AvgIpc) is 2.30. The number of amides is 1. The van der Waals surface area contributed by atoms with Crippen LogP contribution in [0.5, 0.6) is 5.75 Å². The fourth-order valence-corrected chi connectivity index (χ4v) is 1.55. The molecule has 0 aliphatic rings. The van der Waals surface area contributed by atoms with Crippen molar-refractivity contribution < 1.29 is 9.53 Å². The van der Waals surface area contributed by atoms with Crippen LogP contribution in [0.25, 0.3) is 0 Å². The summed E-state index contributed by atoms with van der Waals surface area (Å²) in [4.78, 5) is 11.8. The Labute approximate surface area is 115 Å². The van der Waals surface area contributed by atoms with Gasteiger partial charge in [-0.1, -0.05) is 13.8 Å². The van der Waals surface area contributed by atoms with Gasteiger partial charge < -0.3 is 15.8 Å². The second-order valence-corrected chi connectivity index (χ2v) is 5.35. The van der Waals surface area contributed by atoms with E-state index >= 15 is 0 Å². The van der Waals surface area contributed by atoms with Crippen LogP contribution in [-0.4, -0.2) is 18.1 Å². The van der Waals surface area contributed by atoms with Crippen LogP contribution in [0.2, 0.25) is 0 Å². The van der Waals surface area contributed by atoms with Crippen molar-refractivity contribution in [2.75, 3.05) is 5.32 Å². The molecule has 19 heavy (non-hydrogen) atoms. The normalized spacial score (nSPS) is 12.6. The van der Waals surface area contributed by atoms with E-state index in [1.165, 1.54) is 0 Å². The van der Waals surface area contributed by atoms with Gasteiger partial charge in [-0.25, -0.2) is 0 Å². The lowest BCUT2D eigenvalue weighted by Gasteiger charge is -2.15. The Hall–Kier alpha value is -1.55. The lowest BCUT2D eigenvalue weighted by Crippen LogP contribution is -2.31. The first-order chi connectivity index (χ1) is 8.88. The minimum atomic E-state index is -0.108. The average molecular weight is 264 g/mol. The number of carbonyl (C=O) groups excluding carboxylic acids is 1. The van der Waals surface area contributed by atoms with Crippen LogP contribution >= 0.6 is 0 Å². The predicted octanol–water partition coefficient (Wildman–Crippen LogP) is 2.79. The summed E-state index contributed by atoms with van der Waals surface area (Å²) in [5.41, 5.74) is 6.63. The third kappa shape index (κ3) is 5.75. The summed E-state index contributed by atoms with van der Waals surface area (Å²) in [6.45, 7) is 7.97. The van der Waals surface area contributed by atoms with Crippen molar-refractivity contribution in [3.63, 3.8) is 0 Å². The number of anilines is 1. The Balaban J connectivity index is 2.51. The second-order valence-electron chi connectivity index (χ2n) is 5.35. The molecule has 3 N–H and O–H groups in total. The van der Waals surface area contributed by atoms with Gasteiger partial charge in [0.05, 0.1) is 6.10 Å². The maximum absolute atomic E-state index is 11.8. The fourth-order valence-electron chi connectivity index (χ4n) is 1.55. The molecular weight excluding hydrogens is 240 g/mol. The Bertz CT molecular complexity index is 399. The molecule has 0 saturated heterocycles. The molecule has 0 bridgehead atoms. The molecular formula is C15H24N2O2. The molecule has 0 radical (unpaired) electrons. The Morgan fingerprint density at radius 1 is 1.21 bits per heavy atom. The molecule has 1 unspecified atom stereocenters. The van der Waals surface area contributed by atoms with Crippen molar-refractivity contribution in [2.45, 2.75) is 46.3 Å². The first-order valence-corrected chi connectivity index (χ1v) is 6.70. The molecule has 0 spiro atoms. The first kappa shape index (κ1) is 15.5. The molecule has 1 atom stereocenters. The zero-order valence-electron chi connectivity index (χ0n) is 12.1. The van der Waals surface area contributed by atoms with Crippen LogP contribution < -0.4 is 15.8 Å². The number of ether oxygens (including phenoxy) is 1. The Morgan fingerprint density at radius 3 is 2.26 bits per heavy atom. The molecule has 106 valence electrons. The van der Waals surface area contributed by atoms with Crippen LogP contribution in [0.1, 0.15) is 34.1 Å². The van der Waals surface area contributed by atoms with E-state index in [-0.39, 0.29) is 18.1 Å². The molecule has 4 nitrogen and oxygen atoms in total. The van der Waals surface area contributed by atoms with E-state index in [4.69, 9.17) is 10.5 Å². The summed E-state index contributed by atoms with van der Waals surface area (Å²) in [5, 5.41) is 2.83. The second kappa shape index (κ2) is 7.14. The van der Waals surface area contributed by atoms with Gasteiger partial charge in [-0.3, -0.25) is 4.79 Å². The fraction of sp³-hybridized carbons (Fsp3) is 0.533. The molecule has 0 heterocycles. The van der Waals surface area contributed by atoms with Gasteiger partial charge in [-0.15, -0.1) is 0 Å². The summed E-state index contributed by atoms with van der Waals surface area (Å²) in [6.07, 6.45) is 0.478. The summed E-state index contributed by atoms with van der Waals surface area (Å²) in [7, 11) is 0. The van der Waals surface area contributed by atoms with Crippen LogP contribution in [0.15, 0.2) is 24.3 Å². The number of hydrogen-bond acceptors (Lipinski definition) is 3. The van der Waals surface area contributed by atoms with Gasteiger partial charge in [0.25, 0.3) is 0 Å². The van der Waals surface area contributed by atoms with Crippen LogP contribution in [-0.2, 0) is 4.79 Å². The molecule has 1 rings (SSSR count). The van der Waals surface area contributed by atoms with Gasteiger partial charge in [0.2, 0.25) is 5.91 Å². The lowest BCUT2D eigenvalue weighted by molar-refractivity contribution is -0.116. The molecule has 1 aromatic rings. The van der Waals surface area contributed by atoms with Crippen LogP contribution in [0.3, 0.4) is 0 Å². The molecule has 0 aromatic heterocycles. The quantitative estimate of drug-likeness (QED) is 0.830. The molecule has 0 fully saturated rings. The van der Waals surface area contributed by atoms with E-state index in [1.807, 2.05) is 52.0 Å². The standard InChI is InChI=1S/C15H24N2O2/c1-10(2)14(16)9-15(18)17-12-5-7-13(8-6-12)19-11(3)4/h5-8,10-11,14H,9,16H2,1-4H3,(H,17,18). The van der Waals surface area contributed by atoms with Crippen molar-refractivity contribution in [1.29, 1.82) is 0 Å². The van der Waals surface area contributed by atoms with E-state index in [0.29, 0.717) is 12.3 Å². The van der Waals surface area contributed by atoms with E-state index < -0.39 is 0 Å². The predicted molar refractivity (Wildman–Crippen MR) is 78.3 cm³/mol. The highest BCUT2D eigenvalue weighted by molar-refractivity contribution is 5.91. The van der Waals surface area contributed by atoms with Crippen molar-refractivity contribution in [1.82, 2.24) is 0 Å². The first-order valence-electron chi connectivity index (χ1n) is 6.70. The molecule has 0 aliphatic heterocycles. The third-order valence-corrected chi connectivity index (χ3v) is 2.79. The molecule has 1 aromatic carbocycles. The highest BCUT2D eigenvalue weighted by Crippen LogP contribution is 2.17. The number of benzene rings is 1. The monoisotopic (exact) mass is 264 g/mol. The largest absolute Gasteiger partial charge is 0.491 e. The summed E-state index contributed by atoms with van der Waals surface area (Å²) in [6, 6.07) is 7.24. The SMILES string of the molecule is CC(C)Oc1ccc(NC(=O)CC(N)C(C)C)cc1. The zero-order chi connectivity index (χ0) is 14.4. The van der Waals surface area contributed by atoms with Gasteiger partial charge in [-0.05, 0) is 44.0 Å². The summed E-state index contributed by atoms with van der Waals surface area (Å²) in [5.74, 6) is 1.04. The van der Waals surface area contributed by atoms with E-state index in [9.17, 15) is 4.79 Å². The Morgan fingerprint density at radius 2 is 1.79 bits per heavy atom. The lowest BCUT2D eigenvalue weighted by atomic mass is 10.0. The number of nitrogens with two attached hydrogens (primary N) is 1. The molecule has 4 heteroatoms. The number of carbonyl (C=O) groups is 1. The number of nitrogens with one attached hydrogen (secondary N) is 1. The van der Waals surface area contributed by atoms with E-state index in [1.54, 1.807) is 0 Å². The van der Waals surface area contributed by atoms with Crippen molar-refractivity contribution in [2.24, 2.45) is 11.7 Å². The minimum Gasteiger partial charge on any atom is -0.491 e. The summed E-state index contributed by atoms with van der Waals surface area (Å²) < 4.78 is 5.54. The topological polar surface area (TPSA) is 64.3 Å². The maximum atomic E-state index is 11.8. The third-order valence-electron chi connectivity index (χ3n) is 2.79. The summed E-state index contributed by atoms with van der Waals surface area (Å²) >= 11 is 0. The van der Waals surface area contributed by atoms with Gasteiger partial charge >= 0.3 is 0 Å². The smallest absolute Gasteiger partial charge is 0.225 e. The van der Waals surface area contributed by atoms with E-state index in [2.05, 4.69) is 5.32 Å². The Kier molecular flexibility index (Phi) is 5.83. The van der Waals surface area contributed by atoms with Gasteiger partial charge in [-0.2, -0.15) is 0 Å². The highest BCUT2D eigenvalue weighted by atomic mass is 16.5. The van der Waals surface area contributed by atoms with Crippen molar-refractivity contribution in [3.8, 4) is 5.75 Å². The van der Waals surface area contributed by atoms with Gasteiger partial charge in [0.1, 0.15) is 5.75 Å². The zero-order valence-corrected chi connectivity index (χ0v) is 12.1.